The van der Waals surface area contributed by atoms with E-state index in [9.17, 15) is 4.79 Å². The average Bonchev–Trinajstić information content (AvgIpc) is 3.23. The highest BCUT2D eigenvalue weighted by Gasteiger charge is 2.13. The second-order valence-electron chi connectivity index (χ2n) is 6.51. The first-order chi connectivity index (χ1) is 14.6. The van der Waals surface area contributed by atoms with E-state index in [4.69, 9.17) is 9.47 Å². The molecule has 4 rings (SSSR count). The molecule has 0 saturated carbocycles. The van der Waals surface area contributed by atoms with E-state index >= 15 is 0 Å². The SMILES string of the molecule is COc1ccc(C)cc1-c1csc(NC(=O)c2ccc(Oc3cccnc3)cc2)n1. The summed E-state index contributed by atoms with van der Waals surface area (Å²) in [4.78, 5) is 21.1. The van der Waals surface area contributed by atoms with Crippen LogP contribution in [0.15, 0.2) is 72.4 Å². The van der Waals surface area contributed by atoms with Crippen LogP contribution < -0.4 is 14.8 Å². The summed E-state index contributed by atoms with van der Waals surface area (Å²) in [5.74, 6) is 1.77. The number of methoxy groups -OCH3 is 1. The molecule has 30 heavy (non-hydrogen) atoms. The van der Waals surface area contributed by atoms with E-state index in [1.54, 1.807) is 49.8 Å². The monoisotopic (exact) mass is 417 g/mol. The smallest absolute Gasteiger partial charge is 0.257 e. The Kier molecular flexibility index (Phi) is 5.72. The van der Waals surface area contributed by atoms with Crippen molar-refractivity contribution in [3.05, 3.63) is 83.5 Å². The molecule has 2 aromatic heterocycles. The van der Waals surface area contributed by atoms with E-state index in [0.717, 1.165) is 22.6 Å². The van der Waals surface area contributed by atoms with Crippen LogP contribution >= 0.6 is 11.3 Å². The van der Waals surface area contributed by atoms with E-state index in [1.165, 1.54) is 11.3 Å². The number of aryl methyl sites for hydroxylation is 1. The molecule has 2 heterocycles. The Balaban J connectivity index is 1.45. The highest BCUT2D eigenvalue weighted by molar-refractivity contribution is 7.14. The fourth-order valence-corrected chi connectivity index (χ4v) is 3.57. The summed E-state index contributed by atoms with van der Waals surface area (Å²) in [7, 11) is 1.63. The maximum atomic E-state index is 12.6. The van der Waals surface area contributed by atoms with E-state index in [-0.39, 0.29) is 5.91 Å². The molecular weight excluding hydrogens is 398 g/mol. The normalized spacial score (nSPS) is 10.5. The maximum Gasteiger partial charge on any atom is 0.257 e. The van der Waals surface area contributed by atoms with Crippen molar-refractivity contribution in [2.75, 3.05) is 12.4 Å². The Hall–Kier alpha value is -3.71. The number of aromatic nitrogens is 2. The molecule has 0 fully saturated rings. The molecule has 0 spiro atoms. The molecule has 150 valence electrons. The molecule has 0 aliphatic carbocycles. The number of carbonyl (C=O) groups excluding carboxylic acids is 1. The summed E-state index contributed by atoms with van der Waals surface area (Å²) < 4.78 is 11.1. The molecule has 0 aliphatic rings. The summed E-state index contributed by atoms with van der Waals surface area (Å²) in [5, 5.41) is 5.27. The Morgan fingerprint density at radius 3 is 2.63 bits per heavy atom. The Morgan fingerprint density at radius 1 is 1.07 bits per heavy atom. The summed E-state index contributed by atoms with van der Waals surface area (Å²) in [5.41, 5.74) is 3.28. The topological polar surface area (TPSA) is 73.3 Å². The van der Waals surface area contributed by atoms with Gasteiger partial charge in [-0.3, -0.25) is 15.1 Å². The minimum Gasteiger partial charge on any atom is -0.496 e. The van der Waals surface area contributed by atoms with Crippen molar-refractivity contribution in [3.8, 4) is 28.5 Å². The number of hydrogen-bond donors (Lipinski definition) is 1. The third kappa shape index (κ3) is 4.47. The summed E-state index contributed by atoms with van der Waals surface area (Å²) >= 11 is 1.37. The third-order valence-electron chi connectivity index (χ3n) is 4.34. The van der Waals surface area contributed by atoms with Gasteiger partial charge in [0.15, 0.2) is 5.13 Å². The van der Waals surface area contributed by atoms with Gasteiger partial charge in [-0.05, 0) is 55.5 Å². The van der Waals surface area contributed by atoms with Gasteiger partial charge in [0, 0.05) is 22.7 Å². The molecule has 2 aromatic carbocycles. The number of rotatable bonds is 6. The fourth-order valence-electron chi connectivity index (χ4n) is 2.86. The Morgan fingerprint density at radius 2 is 1.90 bits per heavy atom. The van der Waals surface area contributed by atoms with Crippen LogP contribution in [0.5, 0.6) is 17.2 Å². The Bertz CT molecular complexity index is 1160. The van der Waals surface area contributed by atoms with Gasteiger partial charge < -0.3 is 9.47 Å². The summed E-state index contributed by atoms with van der Waals surface area (Å²) in [6.07, 6.45) is 3.31. The molecule has 6 nitrogen and oxygen atoms in total. The van der Waals surface area contributed by atoms with Crippen LogP contribution in [0, 0.1) is 6.92 Å². The summed E-state index contributed by atoms with van der Waals surface area (Å²) in [6, 6.07) is 16.4. The molecule has 0 atom stereocenters. The van der Waals surface area contributed by atoms with Crippen molar-refractivity contribution in [1.29, 1.82) is 0 Å². The zero-order chi connectivity index (χ0) is 20.9. The van der Waals surface area contributed by atoms with E-state index in [0.29, 0.717) is 22.2 Å². The number of benzene rings is 2. The Labute approximate surface area is 178 Å². The first-order valence-electron chi connectivity index (χ1n) is 9.22. The predicted molar refractivity (Wildman–Crippen MR) is 118 cm³/mol. The first kappa shape index (κ1) is 19.6. The van der Waals surface area contributed by atoms with Crippen molar-refractivity contribution in [1.82, 2.24) is 9.97 Å². The van der Waals surface area contributed by atoms with Crippen LogP contribution in [0.2, 0.25) is 0 Å². The van der Waals surface area contributed by atoms with Gasteiger partial charge in [0.2, 0.25) is 0 Å². The lowest BCUT2D eigenvalue weighted by atomic mass is 10.1. The molecule has 0 unspecified atom stereocenters. The van der Waals surface area contributed by atoms with Crippen LogP contribution in [0.3, 0.4) is 0 Å². The van der Waals surface area contributed by atoms with Gasteiger partial charge in [-0.15, -0.1) is 11.3 Å². The number of thiazole rings is 1. The van der Waals surface area contributed by atoms with Crippen molar-refractivity contribution in [2.24, 2.45) is 0 Å². The highest BCUT2D eigenvalue weighted by Crippen LogP contribution is 2.33. The third-order valence-corrected chi connectivity index (χ3v) is 5.10. The first-order valence-corrected chi connectivity index (χ1v) is 10.1. The molecule has 0 bridgehead atoms. The number of amides is 1. The van der Waals surface area contributed by atoms with Crippen molar-refractivity contribution < 1.29 is 14.3 Å². The number of nitrogens with zero attached hydrogens (tertiary/aromatic N) is 2. The number of pyridine rings is 1. The minimum absolute atomic E-state index is 0.236. The number of ether oxygens (including phenoxy) is 2. The van der Waals surface area contributed by atoms with Crippen LogP contribution in [0.25, 0.3) is 11.3 Å². The number of hydrogen-bond acceptors (Lipinski definition) is 6. The van der Waals surface area contributed by atoms with Gasteiger partial charge in [-0.2, -0.15) is 0 Å². The molecule has 0 saturated heterocycles. The highest BCUT2D eigenvalue weighted by atomic mass is 32.1. The lowest BCUT2D eigenvalue weighted by Gasteiger charge is -2.07. The lowest BCUT2D eigenvalue weighted by Crippen LogP contribution is -2.11. The maximum absolute atomic E-state index is 12.6. The van der Waals surface area contributed by atoms with Crippen molar-refractivity contribution >= 4 is 22.4 Å². The quantitative estimate of drug-likeness (QED) is 0.444. The fraction of sp³-hybridized carbons (Fsp3) is 0.0870. The molecule has 0 radical (unpaired) electrons. The minimum atomic E-state index is -0.236. The second-order valence-corrected chi connectivity index (χ2v) is 7.37. The van der Waals surface area contributed by atoms with Crippen molar-refractivity contribution in [3.63, 3.8) is 0 Å². The zero-order valence-corrected chi connectivity index (χ0v) is 17.3. The van der Waals surface area contributed by atoms with Crippen LogP contribution in [-0.2, 0) is 0 Å². The largest absolute Gasteiger partial charge is 0.496 e. The van der Waals surface area contributed by atoms with E-state index in [2.05, 4.69) is 15.3 Å². The van der Waals surface area contributed by atoms with Gasteiger partial charge in [0.05, 0.1) is 19.0 Å². The predicted octanol–water partition coefficient (Wildman–Crippen LogP) is 5.57. The summed E-state index contributed by atoms with van der Waals surface area (Å²) in [6.45, 7) is 2.01. The standard InChI is InChI=1S/C23H19N3O3S/c1-15-5-10-21(28-2)19(12-15)20-14-30-23(25-20)26-22(27)16-6-8-17(9-7-16)29-18-4-3-11-24-13-18/h3-14H,1-2H3,(H,25,26,27). The molecule has 1 N–H and O–H groups in total. The van der Waals surface area contributed by atoms with Crippen molar-refractivity contribution in [2.45, 2.75) is 6.92 Å². The van der Waals surface area contributed by atoms with Crippen LogP contribution in [0.4, 0.5) is 5.13 Å². The van der Waals surface area contributed by atoms with Crippen LogP contribution in [-0.4, -0.2) is 23.0 Å². The number of carbonyl (C=O) groups is 1. The van der Waals surface area contributed by atoms with E-state index < -0.39 is 0 Å². The molecule has 7 heteroatoms. The number of anilines is 1. The molecular formula is C23H19N3O3S. The number of nitrogens with one attached hydrogen (secondary N) is 1. The van der Waals surface area contributed by atoms with Crippen LogP contribution in [0.1, 0.15) is 15.9 Å². The van der Waals surface area contributed by atoms with Gasteiger partial charge >= 0.3 is 0 Å². The van der Waals surface area contributed by atoms with Gasteiger partial charge in [-0.25, -0.2) is 4.98 Å². The van der Waals surface area contributed by atoms with Gasteiger partial charge in [-0.1, -0.05) is 11.6 Å². The molecule has 1 amide bonds. The molecule has 0 aliphatic heterocycles. The lowest BCUT2D eigenvalue weighted by molar-refractivity contribution is 0.102. The van der Waals surface area contributed by atoms with Gasteiger partial charge in [0.1, 0.15) is 17.2 Å². The average molecular weight is 417 g/mol. The zero-order valence-electron chi connectivity index (χ0n) is 16.5. The second kappa shape index (κ2) is 8.75. The molecule has 4 aromatic rings. The van der Waals surface area contributed by atoms with E-state index in [1.807, 2.05) is 36.6 Å². The van der Waals surface area contributed by atoms with Gasteiger partial charge in [0.25, 0.3) is 5.91 Å².